The van der Waals surface area contributed by atoms with E-state index in [-0.39, 0.29) is 12.1 Å². The molecule has 1 heterocycles. The lowest BCUT2D eigenvalue weighted by atomic mass is 9.90. The second-order valence-electron chi connectivity index (χ2n) is 11.8. The Morgan fingerprint density at radius 3 is 2.38 bits per heavy atom. The third-order valence-electron chi connectivity index (χ3n) is 8.91. The fourth-order valence-electron chi connectivity index (χ4n) is 6.73. The second-order valence-corrected chi connectivity index (χ2v) is 11.8. The van der Waals surface area contributed by atoms with Gasteiger partial charge in [-0.2, -0.15) is 5.26 Å². The molecular formula is C34H48N4O4. The Kier molecular flexibility index (Phi) is 11.8. The van der Waals surface area contributed by atoms with Crippen LogP contribution in [0.5, 0.6) is 17.2 Å². The van der Waals surface area contributed by atoms with Crippen LogP contribution in [0.4, 0.5) is 4.79 Å². The number of nitrogens with zero attached hydrogens (tertiary/aromatic N) is 3. The summed E-state index contributed by atoms with van der Waals surface area (Å²) in [4.78, 5) is 17.4. The van der Waals surface area contributed by atoms with E-state index in [1.165, 1.54) is 32.1 Å². The topological polar surface area (TPSA) is 87.1 Å². The molecule has 8 nitrogen and oxygen atoms in total. The molecule has 1 aliphatic heterocycles. The van der Waals surface area contributed by atoms with Crippen LogP contribution in [-0.2, 0) is 0 Å². The van der Waals surface area contributed by atoms with Gasteiger partial charge in [0.1, 0.15) is 11.9 Å². The van der Waals surface area contributed by atoms with Crippen molar-refractivity contribution in [2.45, 2.75) is 70.4 Å². The van der Waals surface area contributed by atoms with Gasteiger partial charge in [-0.1, -0.05) is 38.3 Å². The molecule has 1 aliphatic carbocycles. The number of fused-ring (bicyclic) bond motifs is 2. The molecule has 1 saturated carbocycles. The van der Waals surface area contributed by atoms with Crippen molar-refractivity contribution >= 4 is 6.03 Å². The highest BCUT2D eigenvalue weighted by atomic mass is 16.5. The van der Waals surface area contributed by atoms with Crippen LogP contribution >= 0.6 is 0 Å². The van der Waals surface area contributed by atoms with E-state index in [0.717, 1.165) is 51.0 Å². The second kappa shape index (κ2) is 15.7. The van der Waals surface area contributed by atoms with Crippen LogP contribution in [0.25, 0.3) is 0 Å². The number of carbonyl (C=O) groups excluding carboxylic acids is 1. The highest BCUT2D eigenvalue weighted by molar-refractivity contribution is 5.74. The van der Waals surface area contributed by atoms with Crippen LogP contribution in [0, 0.1) is 23.2 Å². The zero-order valence-corrected chi connectivity index (χ0v) is 25.8. The summed E-state index contributed by atoms with van der Waals surface area (Å²) < 4.78 is 17.4. The fourth-order valence-corrected chi connectivity index (χ4v) is 6.73. The number of methoxy groups -OCH3 is 2. The minimum absolute atomic E-state index is 0.113. The highest BCUT2D eigenvalue weighted by Gasteiger charge is 2.44. The normalized spacial score (nSPS) is 20.2. The van der Waals surface area contributed by atoms with Crippen LogP contribution < -0.4 is 19.5 Å². The van der Waals surface area contributed by atoms with Crippen molar-refractivity contribution in [1.82, 2.24) is 15.1 Å². The van der Waals surface area contributed by atoms with E-state index in [4.69, 9.17) is 14.2 Å². The molecule has 1 N–H and O–H groups in total. The molecule has 2 amide bonds. The van der Waals surface area contributed by atoms with Crippen LogP contribution in [0.15, 0.2) is 42.5 Å². The van der Waals surface area contributed by atoms with Gasteiger partial charge in [-0.3, -0.25) is 0 Å². The lowest BCUT2D eigenvalue weighted by molar-refractivity contribution is 0.0727. The highest BCUT2D eigenvalue weighted by Crippen LogP contribution is 2.40. The lowest BCUT2D eigenvalue weighted by Crippen LogP contribution is -2.55. The van der Waals surface area contributed by atoms with Crippen LogP contribution in [0.1, 0.15) is 75.5 Å². The number of benzene rings is 2. The Bertz CT molecular complexity index is 1170. The van der Waals surface area contributed by atoms with Crippen molar-refractivity contribution in [3.8, 4) is 23.3 Å². The molecule has 2 aromatic carbocycles. The van der Waals surface area contributed by atoms with E-state index in [1.807, 2.05) is 42.5 Å². The quantitative estimate of drug-likeness (QED) is 0.247. The molecule has 42 heavy (non-hydrogen) atoms. The van der Waals surface area contributed by atoms with E-state index in [0.29, 0.717) is 40.7 Å². The Morgan fingerprint density at radius 1 is 1.02 bits per heavy atom. The molecule has 3 atom stereocenters. The monoisotopic (exact) mass is 576 g/mol. The fraction of sp³-hybridized carbons (Fsp3) is 0.588. The zero-order chi connectivity index (χ0) is 29.9. The maximum atomic E-state index is 12.8. The molecule has 2 bridgehead atoms. The molecule has 2 aromatic rings. The van der Waals surface area contributed by atoms with E-state index in [9.17, 15) is 10.1 Å². The van der Waals surface area contributed by atoms with Crippen molar-refractivity contribution in [3.05, 3.63) is 53.6 Å². The minimum Gasteiger partial charge on any atom is -0.493 e. The number of ether oxygens (including phenoxy) is 3. The van der Waals surface area contributed by atoms with Crippen LogP contribution in [0.3, 0.4) is 0 Å². The number of carbonyl (C=O) groups is 1. The summed E-state index contributed by atoms with van der Waals surface area (Å²) >= 11 is 0. The molecule has 4 rings (SSSR count). The molecule has 0 aromatic heterocycles. The third kappa shape index (κ3) is 8.10. The van der Waals surface area contributed by atoms with Gasteiger partial charge in [0.2, 0.25) is 0 Å². The van der Waals surface area contributed by atoms with Gasteiger partial charge in [-0.15, -0.1) is 0 Å². The van der Waals surface area contributed by atoms with Gasteiger partial charge in [0.15, 0.2) is 11.5 Å². The third-order valence-corrected chi connectivity index (χ3v) is 8.91. The van der Waals surface area contributed by atoms with Crippen molar-refractivity contribution in [2.24, 2.45) is 11.8 Å². The molecule has 1 saturated heterocycles. The molecule has 2 fully saturated rings. The van der Waals surface area contributed by atoms with Crippen molar-refractivity contribution in [2.75, 3.05) is 47.4 Å². The Balaban J connectivity index is 1.33. The molecule has 0 radical (unpaired) electrons. The molecule has 3 unspecified atom stereocenters. The van der Waals surface area contributed by atoms with Gasteiger partial charge >= 0.3 is 6.03 Å². The Morgan fingerprint density at radius 2 is 1.74 bits per heavy atom. The number of hydrogen-bond donors (Lipinski definition) is 1. The van der Waals surface area contributed by atoms with Crippen LogP contribution in [0.2, 0.25) is 0 Å². The smallest absolute Gasteiger partial charge is 0.317 e. The number of urea groups is 1. The number of likely N-dealkylation sites (tertiary alicyclic amines) is 1. The summed E-state index contributed by atoms with van der Waals surface area (Å²) in [7, 11) is 5.48. The summed E-state index contributed by atoms with van der Waals surface area (Å²) in [6, 6.07) is 16.1. The summed E-state index contributed by atoms with van der Waals surface area (Å²) in [6.45, 7) is 5.64. The van der Waals surface area contributed by atoms with Gasteiger partial charge in [0, 0.05) is 31.7 Å². The number of hydrogen-bond acceptors (Lipinski definition) is 6. The van der Waals surface area contributed by atoms with Crippen molar-refractivity contribution in [1.29, 1.82) is 5.26 Å². The van der Waals surface area contributed by atoms with Crippen molar-refractivity contribution < 1.29 is 19.0 Å². The Hall–Kier alpha value is -3.44. The number of unbranched alkanes of at least 4 members (excludes halogenated alkanes) is 3. The predicted molar refractivity (Wildman–Crippen MR) is 165 cm³/mol. The number of nitrogens with one attached hydrogen (secondary N) is 1. The lowest BCUT2D eigenvalue weighted by Gasteiger charge is -2.42. The first-order chi connectivity index (χ1) is 20.5. The van der Waals surface area contributed by atoms with Gasteiger partial charge in [0.05, 0.1) is 25.9 Å². The molecular weight excluding hydrogens is 528 g/mol. The maximum Gasteiger partial charge on any atom is 0.317 e. The molecule has 2 aliphatic rings. The van der Waals surface area contributed by atoms with Gasteiger partial charge < -0.3 is 29.3 Å². The van der Waals surface area contributed by atoms with Crippen molar-refractivity contribution in [3.63, 3.8) is 0 Å². The summed E-state index contributed by atoms with van der Waals surface area (Å²) in [5.74, 6) is 3.05. The summed E-state index contributed by atoms with van der Waals surface area (Å²) in [5, 5.41) is 12.4. The Labute approximate surface area is 251 Å². The average Bonchev–Trinajstić information content (AvgIpc) is 3.29. The molecule has 8 heteroatoms. The average molecular weight is 577 g/mol. The van der Waals surface area contributed by atoms with Crippen LogP contribution in [-0.4, -0.2) is 69.3 Å². The van der Waals surface area contributed by atoms with E-state index < -0.39 is 0 Å². The number of amides is 2. The minimum atomic E-state index is -0.163. The van der Waals surface area contributed by atoms with E-state index in [2.05, 4.69) is 35.2 Å². The predicted octanol–water partition coefficient (Wildman–Crippen LogP) is 6.41. The first kappa shape index (κ1) is 31.5. The number of rotatable bonds is 15. The largest absolute Gasteiger partial charge is 0.493 e. The van der Waals surface area contributed by atoms with Gasteiger partial charge in [0.25, 0.3) is 0 Å². The summed E-state index contributed by atoms with van der Waals surface area (Å²) in [5.41, 5.74) is 1.68. The number of nitriles is 1. The maximum absolute atomic E-state index is 12.8. The van der Waals surface area contributed by atoms with E-state index in [1.54, 1.807) is 14.2 Å². The first-order valence-electron chi connectivity index (χ1n) is 15.6. The SMILES string of the molecule is CCCCCCNC(=O)N1CC2CCC(C1)C2N(C)CCCC(Oc1ccc(OC)c(OC)c1)c1ccc(C#N)cc1. The number of piperidine rings is 1. The van der Waals surface area contributed by atoms with Gasteiger partial charge in [-0.25, -0.2) is 4.79 Å². The summed E-state index contributed by atoms with van der Waals surface area (Å²) in [6.07, 6.45) is 8.69. The molecule has 228 valence electrons. The van der Waals surface area contributed by atoms with Gasteiger partial charge in [-0.05, 0) is 87.4 Å². The standard InChI is InChI=1S/C34H48N4O4/c1-5-6-7-8-19-36-34(39)38-23-27-15-16-28(24-38)33(27)37(2)20-9-10-30(26-13-11-25(22-35)12-14-26)42-29-17-18-31(40-3)32(21-29)41-4/h11-14,17-18,21,27-28,30,33H,5-10,15-16,19-20,23-24H2,1-4H3,(H,36,39). The molecule has 0 spiro atoms. The van der Waals surface area contributed by atoms with E-state index >= 15 is 0 Å². The first-order valence-corrected chi connectivity index (χ1v) is 15.6. The zero-order valence-electron chi connectivity index (χ0n) is 25.8.